The van der Waals surface area contributed by atoms with Crippen molar-refractivity contribution in [3.63, 3.8) is 0 Å². The van der Waals surface area contributed by atoms with E-state index in [-0.39, 0.29) is 6.42 Å². The Balaban J connectivity index is 0. The molecule has 0 radical (unpaired) electrons. The molecule has 0 heterocycles. The number of phosphoric acid groups is 1. The van der Waals surface area contributed by atoms with Gasteiger partial charge in [0.1, 0.15) is 0 Å². The van der Waals surface area contributed by atoms with E-state index in [1.807, 2.05) is 0 Å². The van der Waals surface area contributed by atoms with Crippen LogP contribution in [-0.2, 0) is 4.57 Å². The van der Waals surface area contributed by atoms with Gasteiger partial charge in [0.15, 0.2) is 0 Å². The number of hydrogen-bond donors (Lipinski definition) is 4. The largest absolute Gasteiger partial charge is 0.466 e. The lowest BCUT2D eigenvalue weighted by molar-refractivity contribution is -0.173. The van der Waals surface area contributed by atoms with Gasteiger partial charge in [-0.1, -0.05) is 90.4 Å². The summed E-state index contributed by atoms with van der Waals surface area (Å²) in [5.74, 6) is -1.34. The quantitative estimate of drug-likeness (QED) is 0.0644. The smallest absolute Gasteiger partial charge is 0.317 e. The Morgan fingerprint density at radius 1 is 0.611 bits per heavy atom. The standard InChI is InChI=1S/C24H45F6N.H3O4P/c1-2-3-4-5-6-9-12-15-18-31-19-16-13-10-7-8-11-14-17-22(20-23(25,26)27)21-24(28,29)30;1-5(2,3)4/h22,31H,2-21H2,1H3;(H3,1,2,3,4). The van der Waals surface area contributed by atoms with Crippen LogP contribution in [-0.4, -0.2) is 40.1 Å². The molecule has 0 aromatic carbocycles. The molecule has 36 heavy (non-hydrogen) atoms. The summed E-state index contributed by atoms with van der Waals surface area (Å²) in [6.07, 6.45) is 5.22. The second-order valence-corrected chi connectivity index (χ2v) is 10.5. The summed E-state index contributed by atoms with van der Waals surface area (Å²) in [5.41, 5.74) is 0. The summed E-state index contributed by atoms with van der Waals surface area (Å²) in [6.45, 7) is 4.33. The lowest BCUT2D eigenvalue weighted by Crippen LogP contribution is -2.21. The van der Waals surface area contributed by atoms with Crippen LogP contribution in [0.15, 0.2) is 0 Å². The minimum atomic E-state index is -4.64. The minimum absolute atomic E-state index is 0.00167. The minimum Gasteiger partial charge on any atom is -0.317 e. The van der Waals surface area contributed by atoms with Gasteiger partial charge >= 0.3 is 20.2 Å². The van der Waals surface area contributed by atoms with Crippen molar-refractivity contribution >= 4 is 7.82 Å². The van der Waals surface area contributed by atoms with E-state index in [9.17, 15) is 26.3 Å². The molecule has 0 bridgehead atoms. The zero-order valence-electron chi connectivity index (χ0n) is 21.7. The van der Waals surface area contributed by atoms with Crippen molar-refractivity contribution in [3.8, 4) is 0 Å². The highest BCUT2D eigenvalue weighted by Gasteiger charge is 2.38. The Bertz CT molecular complexity index is 505. The lowest BCUT2D eigenvalue weighted by atomic mass is 9.93. The number of rotatable bonds is 21. The normalized spacial score (nSPS) is 12.6. The second-order valence-electron chi connectivity index (χ2n) is 9.51. The Morgan fingerprint density at radius 2 is 0.917 bits per heavy atom. The molecule has 0 spiro atoms. The molecular formula is C24H48F6NO4P. The van der Waals surface area contributed by atoms with E-state index in [1.165, 1.54) is 51.4 Å². The fourth-order valence-electron chi connectivity index (χ4n) is 4.01. The zero-order chi connectivity index (χ0) is 27.9. The first-order valence-electron chi connectivity index (χ1n) is 13.3. The molecule has 0 aliphatic heterocycles. The highest BCUT2D eigenvalue weighted by atomic mass is 31.2. The van der Waals surface area contributed by atoms with Crippen LogP contribution in [0.2, 0.25) is 0 Å². The van der Waals surface area contributed by atoms with Crippen molar-refractivity contribution in [2.75, 3.05) is 13.1 Å². The Kier molecular flexibility index (Phi) is 23.7. The Morgan fingerprint density at radius 3 is 1.25 bits per heavy atom. The van der Waals surface area contributed by atoms with Crippen molar-refractivity contribution in [2.24, 2.45) is 5.92 Å². The van der Waals surface area contributed by atoms with Crippen molar-refractivity contribution < 1.29 is 45.6 Å². The molecule has 0 saturated heterocycles. The van der Waals surface area contributed by atoms with Crippen LogP contribution in [0.1, 0.15) is 122 Å². The third-order valence-electron chi connectivity index (χ3n) is 5.71. The number of alkyl halides is 6. The van der Waals surface area contributed by atoms with Gasteiger partial charge in [-0.25, -0.2) is 4.57 Å². The maximum atomic E-state index is 12.4. The summed E-state index contributed by atoms with van der Waals surface area (Å²) in [7, 11) is -4.64. The van der Waals surface area contributed by atoms with Crippen LogP contribution in [0, 0.1) is 5.92 Å². The molecule has 220 valence electrons. The van der Waals surface area contributed by atoms with Crippen molar-refractivity contribution in [3.05, 3.63) is 0 Å². The molecule has 4 N–H and O–H groups in total. The van der Waals surface area contributed by atoms with Crippen LogP contribution in [0.5, 0.6) is 0 Å². The first-order valence-corrected chi connectivity index (χ1v) is 14.8. The van der Waals surface area contributed by atoms with E-state index in [1.54, 1.807) is 0 Å². The monoisotopic (exact) mass is 559 g/mol. The second kappa shape index (κ2) is 22.6. The molecule has 0 aromatic rings. The third kappa shape index (κ3) is 40.8. The van der Waals surface area contributed by atoms with Gasteiger partial charge in [-0.2, -0.15) is 26.3 Å². The number of hydrogen-bond acceptors (Lipinski definition) is 2. The highest BCUT2D eigenvalue weighted by molar-refractivity contribution is 7.45. The first kappa shape index (κ1) is 37.8. The molecule has 0 aliphatic carbocycles. The maximum Gasteiger partial charge on any atom is 0.466 e. The molecule has 5 nitrogen and oxygen atoms in total. The number of nitrogens with one attached hydrogen (secondary N) is 1. The molecule has 0 aromatic heterocycles. The lowest BCUT2D eigenvalue weighted by Gasteiger charge is -2.20. The summed E-state index contributed by atoms with van der Waals surface area (Å²) < 4.78 is 83.5. The summed E-state index contributed by atoms with van der Waals surface area (Å²) in [5, 5.41) is 3.47. The average Bonchev–Trinajstić information content (AvgIpc) is 2.69. The van der Waals surface area contributed by atoms with Gasteiger partial charge in [0.25, 0.3) is 0 Å². The van der Waals surface area contributed by atoms with Gasteiger partial charge in [-0.05, 0) is 38.3 Å². The topological polar surface area (TPSA) is 89.8 Å². The maximum absolute atomic E-state index is 12.4. The summed E-state index contributed by atoms with van der Waals surface area (Å²) in [4.78, 5) is 21.6. The van der Waals surface area contributed by atoms with Crippen LogP contribution < -0.4 is 5.32 Å². The van der Waals surface area contributed by atoms with E-state index < -0.39 is 38.9 Å². The Labute approximate surface area is 213 Å². The average molecular weight is 560 g/mol. The van der Waals surface area contributed by atoms with Gasteiger partial charge in [-0.15, -0.1) is 0 Å². The fourth-order valence-corrected chi connectivity index (χ4v) is 4.01. The van der Waals surface area contributed by atoms with Crippen molar-refractivity contribution in [1.82, 2.24) is 5.32 Å². The van der Waals surface area contributed by atoms with Crippen LogP contribution in [0.4, 0.5) is 26.3 Å². The highest BCUT2D eigenvalue weighted by Crippen LogP contribution is 2.35. The summed E-state index contributed by atoms with van der Waals surface area (Å²) >= 11 is 0. The van der Waals surface area contributed by atoms with E-state index in [0.29, 0.717) is 12.8 Å². The van der Waals surface area contributed by atoms with Crippen molar-refractivity contribution in [1.29, 1.82) is 0 Å². The Hall–Kier alpha value is -0.350. The van der Waals surface area contributed by atoms with Gasteiger partial charge in [-0.3, -0.25) is 0 Å². The first-order chi connectivity index (χ1) is 16.6. The number of halogens is 6. The van der Waals surface area contributed by atoms with E-state index >= 15 is 0 Å². The van der Waals surface area contributed by atoms with Crippen LogP contribution in [0.25, 0.3) is 0 Å². The fraction of sp³-hybridized carbons (Fsp3) is 1.00. The predicted octanol–water partition coefficient (Wildman–Crippen LogP) is 8.43. The zero-order valence-corrected chi connectivity index (χ0v) is 22.6. The van der Waals surface area contributed by atoms with Gasteiger partial charge < -0.3 is 20.0 Å². The van der Waals surface area contributed by atoms with Gasteiger partial charge in [0.2, 0.25) is 0 Å². The number of unbranched alkanes of at least 4 members (excludes halogenated alkanes) is 13. The summed E-state index contributed by atoms with van der Waals surface area (Å²) in [6, 6.07) is 0. The van der Waals surface area contributed by atoms with E-state index in [0.717, 1.165) is 45.2 Å². The van der Waals surface area contributed by atoms with Gasteiger partial charge in [0.05, 0.1) is 0 Å². The van der Waals surface area contributed by atoms with Gasteiger partial charge in [0, 0.05) is 12.8 Å². The molecule has 0 aliphatic rings. The van der Waals surface area contributed by atoms with Crippen molar-refractivity contribution in [2.45, 2.75) is 135 Å². The third-order valence-corrected chi connectivity index (χ3v) is 5.71. The predicted molar refractivity (Wildman–Crippen MR) is 132 cm³/mol. The molecular weight excluding hydrogens is 511 g/mol. The van der Waals surface area contributed by atoms with Crippen LogP contribution in [0.3, 0.4) is 0 Å². The SMILES string of the molecule is CCCCCCCCCCNCCCCCCCCCC(CC(F)(F)F)CC(F)(F)F.O=P(O)(O)O. The van der Waals surface area contributed by atoms with Crippen LogP contribution >= 0.6 is 7.82 Å². The molecule has 0 rings (SSSR count). The van der Waals surface area contributed by atoms with E-state index in [4.69, 9.17) is 19.2 Å². The molecule has 0 unspecified atom stereocenters. The molecule has 0 amide bonds. The molecule has 0 atom stereocenters. The molecule has 0 saturated carbocycles. The molecule has 0 fully saturated rings. The van der Waals surface area contributed by atoms with E-state index in [2.05, 4.69) is 12.2 Å². The molecule has 12 heteroatoms.